The minimum absolute atomic E-state index is 0.0779. The summed E-state index contributed by atoms with van der Waals surface area (Å²) >= 11 is 1.47. The lowest BCUT2D eigenvalue weighted by Crippen LogP contribution is -2.24. The zero-order valence-corrected chi connectivity index (χ0v) is 16.5. The van der Waals surface area contributed by atoms with E-state index in [1.165, 1.54) is 23.9 Å². The molecule has 3 rings (SSSR count). The van der Waals surface area contributed by atoms with Crippen molar-refractivity contribution in [1.82, 2.24) is 10.3 Å². The first-order valence-corrected chi connectivity index (χ1v) is 9.90. The molecule has 0 saturated heterocycles. The predicted molar refractivity (Wildman–Crippen MR) is 108 cm³/mol. The van der Waals surface area contributed by atoms with Crippen molar-refractivity contribution < 1.29 is 18.3 Å². The Labute approximate surface area is 167 Å². The first kappa shape index (κ1) is 19.9. The second-order valence-electron chi connectivity index (χ2n) is 6.15. The molecule has 1 heterocycles. The topological polar surface area (TPSA) is 64.4 Å². The van der Waals surface area contributed by atoms with Crippen molar-refractivity contribution in [1.29, 1.82) is 0 Å². The Balaban J connectivity index is 1.48. The van der Waals surface area contributed by atoms with Crippen LogP contribution in [0.4, 0.5) is 4.39 Å². The molecule has 146 valence electrons. The number of methoxy groups -OCH3 is 1. The van der Waals surface area contributed by atoms with Crippen LogP contribution in [0.15, 0.2) is 52.9 Å². The van der Waals surface area contributed by atoms with Crippen LogP contribution in [0.1, 0.15) is 17.0 Å². The number of nitrogens with zero attached hydrogens (tertiary/aromatic N) is 1. The molecule has 0 fully saturated rings. The highest BCUT2D eigenvalue weighted by Crippen LogP contribution is 2.25. The summed E-state index contributed by atoms with van der Waals surface area (Å²) in [7, 11) is 1.62. The third kappa shape index (κ3) is 5.36. The number of ether oxygens (including phenoxy) is 1. The molecule has 0 radical (unpaired) electrons. The van der Waals surface area contributed by atoms with Gasteiger partial charge in [0.15, 0.2) is 0 Å². The highest BCUT2D eigenvalue weighted by atomic mass is 32.2. The van der Waals surface area contributed by atoms with Crippen LogP contribution in [0.25, 0.3) is 11.5 Å². The standard InChI is InChI=1S/C21H21FN2O3S/c1-14-19(24-21(27-14)16-5-9-18(26-2)10-6-16)12-28-13-20(25)23-11-15-3-7-17(22)8-4-15/h3-10H,11-13H2,1-2H3,(H,23,25). The Morgan fingerprint density at radius 2 is 1.89 bits per heavy atom. The lowest BCUT2D eigenvalue weighted by Gasteiger charge is -2.05. The van der Waals surface area contributed by atoms with Crippen LogP contribution in [0, 0.1) is 12.7 Å². The number of benzene rings is 2. The van der Waals surface area contributed by atoms with E-state index in [0.717, 1.165) is 28.3 Å². The summed E-state index contributed by atoms with van der Waals surface area (Å²) in [5.41, 5.74) is 2.55. The maximum Gasteiger partial charge on any atom is 0.230 e. The number of aromatic nitrogens is 1. The van der Waals surface area contributed by atoms with Gasteiger partial charge in [0, 0.05) is 17.9 Å². The predicted octanol–water partition coefficient (Wildman–Crippen LogP) is 4.35. The van der Waals surface area contributed by atoms with Gasteiger partial charge >= 0.3 is 0 Å². The molecule has 5 nitrogen and oxygen atoms in total. The van der Waals surface area contributed by atoms with E-state index in [-0.39, 0.29) is 11.7 Å². The second kappa shape index (κ2) is 9.41. The Morgan fingerprint density at radius 1 is 1.18 bits per heavy atom. The van der Waals surface area contributed by atoms with Gasteiger partial charge in [-0.25, -0.2) is 9.37 Å². The number of rotatable bonds is 8. The molecule has 0 unspecified atom stereocenters. The van der Waals surface area contributed by atoms with Gasteiger partial charge in [-0.05, 0) is 48.9 Å². The summed E-state index contributed by atoms with van der Waals surface area (Å²) in [6, 6.07) is 13.6. The molecule has 0 saturated carbocycles. The van der Waals surface area contributed by atoms with E-state index in [0.29, 0.717) is 23.9 Å². The number of carbonyl (C=O) groups excluding carboxylic acids is 1. The lowest BCUT2D eigenvalue weighted by molar-refractivity contribution is -0.118. The van der Waals surface area contributed by atoms with E-state index in [9.17, 15) is 9.18 Å². The van der Waals surface area contributed by atoms with E-state index in [1.54, 1.807) is 19.2 Å². The van der Waals surface area contributed by atoms with Crippen LogP contribution in [0.5, 0.6) is 5.75 Å². The summed E-state index contributed by atoms with van der Waals surface area (Å²) < 4.78 is 23.8. The third-order valence-electron chi connectivity index (χ3n) is 4.10. The molecule has 1 amide bonds. The van der Waals surface area contributed by atoms with Crippen molar-refractivity contribution in [2.45, 2.75) is 19.2 Å². The molecule has 7 heteroatoms. The van der Waals surface area contributed by atoms with Crippen LogP contribution >= 0.6 is 11.8 Å². The first-order chi connectivity index (χ1) is 13.5. The normalized spacial score (nSPS) is 10.7. The number of oxazole rings is 1. The molecular formula is C21H21FN2O3S. The summed E-state index contributed by atoms with van der Waals surface area (Å²) in [4.78, 5) is 16.5. The van der Waals surface area contributed by atoms with Gasteiger partial charge in [0.05, 0.1) is 18.6 Å². The molecule has 3 aromatic rings. The van der Waals surface area contributed by atoms with Gasteiger partial charge in [-0.2, -0.15) is 0 Å². The first-order valence-electron chi connectivity index (χ1n) is 8.75. The summed E-state index contributed by atoms with van der Waals surface area (Å²) in [5.74, 6) is 2.59. The van der Waals surface area contributed by atoms with Crippen molar-refractivity contribution >= 4 is 17.7 Å². The smallest absolute Gasteiger partial charge is 0.230 e. The van der Waals surface area contributed by atoms with Crippen molar-refractivity contribution in [2.75, 3.05) is 12.9 Å². The van der Waals surface area contributed by atoms with Gasteiger partial charge < -0.3 is 14.5 Å². The molecule has 28 heavy (non-hydrogen) atoms. The highest BCUT2D eigenvalue weighted by Gasteiger charge is 2.12. The van der Waals surface area contributed by atoms with E-state index in [2.05, 4.69) is 10.3 Å². The minimum Gasteiger partial charge on any atom is -0.497 e. The van der Waals surface area contributed by atoms with Gasteiger partial charge in [-0.1, -0.05) is 12.1 Å². The maximum atomic E-state index is 12.9. The average molecular weight is 400 g/mol. The Hall–Kier alpha value is -2.80. The quantitative estimate of drug-likeness (QED) is 0.609. The minimum atomic E-state index is -0.289. The van der Waals surface area contributed by atoms with Gasteiger partial charge in [0.2, 0.25) is 11.8 Å². The van der Waals surface area contributed by atoms with Crippen molar-refractivity contribution in [2.24, 2.45) is 0 Å². The Kier molecular flexibility index (Phi) is 6.71. The fourth-order valence-corrected chi connectivity index (χ4v) is 3.36. The number of amides is 1. The molecular weight excluding hydrogens is 379 g/mol. The molecule has 2 aromatic carbocycles. The fourth-order valence-electron chi connectivity index (χ4n) is 2.51. The van der Waals surface area contributed by atoms with Crippen LogP contribution in [0.3, 0.4) is 0 Å². The van der Waals surface area contributed by atoms with Crippen LogP contribution in [0.2, 0.25) is 0 Å². The monoisotopic (exact) mass is 400 g/mol. The molecule has 0 atom stereocenters. The summed E-state index contributed by atoms with van der Waals surface area (Å²) in [6.07, 6.45) is 0. The molecule has 0 bridgehead atoms. The summed E-state index contributed by atoms with van der Waals surface area (Å²) in [6.45, 7) is 2.24. The highest BCUT2D eigenvalue weighted by molar-refractivity contribution is 7.99. The number of hydrogen-bond donors (Lipinski definition) is 1. The lowest BCUT2D eigenvalue weighted by atomic mass is 10.2. The van der Waals surface area contributed by atoms with Gasteiger partial charge in [-0.3, -0.25) is 4.79 Å². The number of halogens is 1. The SMILES string of the molecule is COc1ccc(-c2nc(CSCC(=O)NCc3ccc(F)cc3)c(C)o2)cc1. The van der Waals surface area contributed by atoms with E-state index in [1.807, 2.05) is 31.2 Å². The second-order valence-corrected chi connectivity index (χ2v) is 7.13. The number of thioether (sulfide) groups is 1. The molecule has 0 aliphatic rings. The van der Waals surface area contributed by atoms with E-state index < -0.39 is 0 Å². The van der Waals surface area contributed by atoms with Crippen LogP contribution in [-0.2, 0) is 17.1 Å². The van der Waals surface area contributed by atoms with Gasteiger partial charge in [0.1, 0.15) is 17.3 Å². The molecule has 0 aliphatic carbocycles. The van der Waals surface area contributed by atoms with Crippen molar-refractivity contribution in [3.05, 3.63) is 71.4 Å². The Morgan fingerprint density at radius 3 is 2.57 bits per heavy atom. The van der Waals surface area contributed by atoms with Crippen LogP contribution < -0.4 is 10.1 Å². The van der Waals surface area contributed by atoms with E-state index >= 15 is 0 Å². The number of nitrogens with one attached hydrogen (secondary N) is 1. The molecule has 1 N–H and O–H groups in total. The maximum absolute atomic E-state index is 12.9. The van der Waals surface area contributed by atoms with Gasteiger partial charge in [0.25, 0.3) is 0 Å². The number of aryl methyl sites for hydroxylation is 1. The summed E-state index contributed by atoms with van der Waals surface area (Å²) in [5, 5.41) is 2.82. The van der Waals surface area contributed by atoms with Crippen LogP contribution in [-0.4, -0.2) is 23.8 Å². The largest absolute Gasteiger partial charge is 0.497 e. The Bertz CT molecular complexity index is 924. The zero-order chi connectivity index (χ0) is 19.9. The molecule has 0 aliphatic heterocycles. The number of hydrogen-bond acceptors (Lipinski definition) is 5. The van der Waals surface area contributed by atoms with Gasteiger partial charge in [-0.15, -0.1) is 11.8 Å². The number of carbonyl (C=O) groups is 1. The zero-order valence-electron chi connectivity index (χ0n) is 15.7. The van der Waals surface area contributed by atoms with E-state index in [4.69, 9.17) is 9.15 Å². The molecule has 0 spiro atoms. The molecule has 1 aromatic heterocycles. The van der Waals surface area contributed by atoms with Crippen molar-refractivity contribution in [3.8, 4) is 17.2 Å². The third-order valence-corrected chi connectivity index (χ3v) is 5.05. The van der Waals surface area contributed by atoms with Crippen molar-refractivity contribution in [3.63, 3.8) is 0 Å². The average Bonchev–Trinajstić information content (AvgIpc) is 3.08. The fraction of sp³-hybridized carbons (Fsp3) is 0.238.